The first-order valence-corrected chi connectivity index (χ1v) is 9.08. The third-order valence-corrected chi connectivity index (χ3v) is 3.04. The van der Waals surface area contributed by atoms with Crippen LogP contribution in [0.5, 0.6) is 0 Å². The molecule has 1 amide bonds. The molecular formula is C24H24F2N2O3. The quantitative estimate of drug-likeness (QED) is 0.618. The minimum atomic E-state index is -0.306. The lowest BCUT2D eigenvalue weighted by atomic mass is 10.1. The third kappa shape index (κ3) is 13.8. The summed E-state index contributed by atoms with van der Waals surface area (Å²) in [7, 11) is 0. The molecule has 0 aliphatic carbocycles. The van der Waals surface area contributed by atoms with Gasteiger partial charge in [0.2, 0.25) is 5.91 Å². The zero-order valence-electron chi connectivity index (χ0n) is 17.3. The van der Waals surface area contributed by atoms with E-state index < -0.39 is 0 Å². The zero-order chi connectivity index (χ0) is 23.3. The lowest BCUT2D eigenvalue weighted by Crippen LogP contribution is -2.28. The van der Waals surface area contributed by atoms with E-state index in [1.807, 2.05) is 6.92 Å². The van der Waals surface area contributed by atoms with Crippen LogP contribution in [0.25, 0.3) is 11.3 Å². The molecule has 2 rings (SSSR count). The number of nitrogens with zero attached hydrogens (tertiary/aromatic N) is 1. The van der Waals surface area contributed by atoms with Gasteiger partial charge in [0, 0.05) is 18.2 Å². The summed E-state index contributed by atoms with van der Waals surface area (Å²) in [6, 6.07) is 7.63. The molecule has 0 aliphatic heterocycles. The van der Waals surface area contributed by atoms with Crippen molar-refractivity contribution in [3.63, 3.8) is 0 Å². The highest BCUT2D eigenvalue weighted by atomic mass is 19.1. The van der Waals surface area contributed by atoms with E-state index in [9.17, 15) is 13.6 Å². The van der Waals surface area contributed by atoms with Gasteiger partial charge in [-0.1, -0.05) is 30.1 Å². The van der Waals surface area contributed by atoms with Crippen LogP contribution in [-0.2, 0) is 16.1 Å². The van der Waals surface area contributed by atoms with Gasteiger partial charge in [-0.15, -0.1) is 0 Å². The maximum Gasteiger partial charge on any atom is 0.246 e. The Hall–Kier alpha value is -3.90. The third-order valence-electron chi connectivity index (χ3n) is 3.04. The number of carbonyl (C=O) groups is 1. The van der Waals surface area contributed by atoms with Crippen molar-refractivity contribution in [2.24, 2.45) is 0 Å². The van der Waals surface area contributed by atoms with Crippen LogP contribution in [0.1, 0.15) is 19.0 Å². The fraction of sp³-hybridized carbons (Fsp3) is 0.208. The van der Waals surface area contributed by atoms with E-state index in [0.29, 0.717) is 18.0 Å². The molecule has 0 fully saturated rings. The van der Waals surface area contributed by atoms with Crippen LogP contribution >= 0.6 is 0 Å². The Labute approximate surface area is 180 Å². The highest BCUT2D eigenvalue weighted by Crippen LogP contribution is 2.20. The smallest absolute Gasteiger partial charge is 0.246 e. The topological polar surface area (TPSA) is 64.4 Å². The molecule has 0 atom stereocenters. The molecule has 5 nitrogen and oxygen atoms in total. The van der Waals surface area contributed by atoms with Crippen LogP contribution in [0.4, 0.5) is 8.78 Å². The number of amides is 1. The molecule has 0 radical (unpaired) electrons. The molecular weight excluding hydrogens is 402 g/mol. The number of hydrogen-bond acceptors (Lipinski definition) is 4. The van der Waals surface area contributed by atoms with E-state index in [1.54, 1.807) is 18.2 Å². The summed E-state index contributed by atoms with van der Waals surface area (Å²) in [5.41, 5.74) is 13.3. The maximum absolute atomic E-state index is 12.8. The van der Waals surface area contributed by atoms with Crippen molar-refractivity contribution in [1.29, 1.82) is 0 Å². The van der Waals surface area contributed by atoms with Crippen molar-refractivity contribution < 1.29 is 22.8 Å². The lowest BCUT2D eigenvalue weighted by molar-refractivity contribution is -0.126. The van der Waals surface area contributed by atoms with E-state index in [0.717, 1.165) is 12.0 Å². The van der Waals surface area contributed by atoms with Crippen LogP contribution in [0, 0.1) is 5.82 Å². The summed E-state index contributed by atoms with van der Waals surface area (Å²) in [5.74, 6) is 0.0723. The predicted molar refractivity (Wildman–Crippen MR) is 115 cm³/mol. The van der Waals surface area contributed by atoms with Crippen LogP contribution in [0.2, 0.25) is 0 Å². The Morgan fingerprint density at radius 1 is 1.23 bits per heavy atom. The van der Waals surface area contributed by atoms with Crippen molar-refractivity contribution in [2.45, 2.75) is 20.0 Å². The van der Waals surface area contributed by atoms with E-state index in [-0.39, 0.29) is 31.3 Å². The number of hydrogen-bond donors (Lipinski definition) is 1. The molecule has 2 aromatic rings. The fourth-order valence-corrected chi connectivity index (χ4v) is 1.81. The second-order valence-corrected chi connectivity index (χ2v) is 5.42. The van der Waals surface area contributed by atoms with Crippen molar-refractivity contribution >= 4 is 5.91 Å². The predicted octanol–water partition coefficient (Wildman–Crippen LogP) is 5.20. The van der Waals surface area contributed by atoms with Gasteiger partial charge in [0.15, 0.2) is 5.76 Å². The molecule has 1 aromatic carbocycles. The number of halogens is 2. The molecule has 0 saturated carbocycles. The Kier molecular flexibility index (Phi) is 15.9. The average Bonchev–Trinajstić information content (AvgIpc) is 3.23. The fourth-order valence-electron chi connectivity index (χ4n) is 1.81. The summed E-state index contributed by atoms with van der Waals surface area (Å²) in [4.78, 5) is 11.3. The molecule has 0 unspecified atom stereocenters. The monoisotopic (exact) mass is 426 g/mol. The van der Waals surface area contributed by atoms with Gasteiger partial charge in [0.1, 0.15) is 18.1 Å². The van der Waals surface area contributed by atoms with E-state index >= 15 is 0 Å². The van der Waals surface area contributed by atoms with Crippen molar-refractivity contribution in [3.8, 4) is 11.3 Å². The molecule has 1 N–H and O–H groups in total. The van der Waals surface area contributed by atoms with Crippen LogP contribution in [-0.4, -0.2) is 24.2 Å². The van der Waals surface area contributed by atoms with Gasteiger partial charge in [-0.2, -0.15) is 0 Å². The first kappa shape index (κ1) is 27.1. The second kappa shape index (κ2) is 18.1. The van der Waals surface area contributed by atoms with Gasteiger partial charge in [-0.25, -0.2) is 8.78 Å². The first-order chi connectivity index (χ1) is 15.0. The van der Waals surface area contributed by atoms with Gasteiger partial charge in [0.05, 0.1) is 12.9 Å². The Bertz CT molecular complexity index is 960. The molecule has 0 bridgehead atoms. The average molecular weight is 426 g/mol. The van der Waals surface area contributed by atoms with Crippen LogP contribution in [0.15, 0.2) is 89.6 Å². The molecule has 0 spiro atoms. The van der Waals surface area contributed by atoms with Gasteiger partial charge in [-0.05, 0) is 61.0 Å². The number of nitrogens with one attached hydrogen (secondary N) is 1. The van der Waals surface area contributed by atoms with Gasteiger partial charge < -0.3 is 14.6 Å². The van der Waals surface area contributed by atoms with Crippen LogP contribution < -0.4 is 5.32 Å². The number of carbonyl (C=O) groups excluding carboxylic acids is 1. The molecule has 7 heteroatoms. The maximum atomic E-state index is 12.8. The normalized spacial score (nSPS) is 8.35. The van der Waals surface area contributed by atoms with Gasteiger partial charge in [-0.3, -0.25) is 4.79 Å². The Balaban J connectivity index is 0.000000756. The summed E-state index contributed by atoms with van der Waals surface area (Å²) >= 11 is 0. The highest BCUT2D eigenvalue weighted by molar-refractivity contribution is 5.77. The zero-order valence-corrected chi connectivity index (χ0v) is 17.3. The Morgan fingerprint density at radius 3 is 2.39 bits per heavy atom. The van der Waals surface area contributed by atoms with Gasteiger partial charge in [0.25, 0.3) is 0 Å². The minimum Gasteiger partial charge on any atom is -0.365 e. The van der Waals surface area contributed by atoms with E-state index in [4.69, 9.17) is 9.26 Å². The van der Waals surface area contributed by atoms with Crippen LogP contribution in [0.3, 0.4) is 0 Å². The van der Waals surface area contributed by atoms with E-state index in [2.05, 4.69) is 58.9 Å². The SMILES string of the molecule is C=C=C=C=C=C=C.C=CF.CCCNC(=O)COCc1cc(-c2ccc(F)cc2)on1. The second-order valence-electron chi connectivity index (χ2n) is 5.42. The largest absolute Gasteiger partial charge is 0.365 e. The molecule has 0 saturated heterocycles. The number of rotatable bonds is 7. The summed E-state index contributed by atoms with van der Waals surface area (Å²) in [6.07, 6.45) is 1.13. The molecule has 31 heavy (non-hydrogen) atoms. The summed E-state index contributed by atoms with van der Waals surface area (Å²) < 4.78 is 33.3. The number of benzene rings is 1. The van der Waals surface area contributed by atoms with Gasteiger partial charge >= 0.3 is 0 Å². The number of ether oxygens (including phenoxy) is 1. The Morgan fingerprint density at radius 2 is 1.84 bits per heavy atom. The minimum absolute atomic E-state index is 0.0151. The molecule has 162 valence electrons. The molecule has 1 heterocycles. The first-order valence-electron chi connectivity index (χ1n) is 9.08. The van der Waals surface area contributed by atoms with E-state index in [1.165, 1.54) is 12.1 Å². The summed E-state index contributed by atoms with van der Waals surface area (Å²) in [6.45, 7) is 12.0. The lowest BCUT2D eigenvalue weighted by Gasteiger charge is -2.03. The molecule has 0 aliphatic rings. The summed E-state index contributed by atoms with van der Waals surface area (Å²) in [5, 5.41) is 6.56. The van der Waals surface area contributed by atoms with Crippen molar-refractivity contribution in [3.05, 3.63) is 96.6 Å². The highest BCUT2D eigenvalue weighted by Gasteiger charge is 2.08. The standard InChI is InChI=1S/C15H17FN2O3.C7H4.C2H3F/c1-2-7-17-15(19)10-20-9-13-8-14(21-18-13)11-3-5-12(16)6-4-11;1-3-5-7-6-4-2;1-2-3/h3-6,8H,2,7,9-10H2,1H3,(H,17,19);1-2H2;2H,1H2. The number of aromatic nitrogens is 1. The molecule has 1 aromatic heterocycles. The van der Waals surface area contributed by atoms with Crippen molar-refractivity contribution in [1.82, 2.24) is 10.5 Å². The van der Waals surface area contributed by atoms with Crippen molar-refractivity contribution in [2.75, 3.05) is 13.2 Å².